The van der Waals surface area contributed by atoms with E-state index in [1.54, 1.807) is 24.3 Å². The molecule has 0 unspecified atom stereocenters. The van der Waals surface area contributed by atoms with E-state index in [2.05, 4.69) is 21.2 Å². The molecule has 1 aliphatic rings. The zero-order valence-corrected chi connectivity index (χ0v) is 19.8. The van der Waals surface area contributed by atoms with Crippen LogP contribution < -0.4 is 14.8 Å². The molecule has 174 valence electrons. The van der Waals surface area contributed by atoms with E-state index in [9.17, 15) is 14.4 Å². The van der Waals surface area contributed by atoms with Crippen LogP contribution in [0, 0.1) is 0 Å². The monoisotopic (exact) mass is 524 g/mol. The van der Waals surface area contributed by atoms with E-state index in [1.165, 1.54) is 12.3 Å². The molecule has 34 heavy (non-hydrogen) atoms. The second-order valence-corrected chi connectivity index (χ2v) is 8.18. The van der Waals surface area contributed by atoms with Crippen molar-refractivity contribution in [2.75, 3.05) is 6.61 Å². The number of carbonyl (C=O) groups excluding carboxylic acids is 3. The Morgan fingerprint density at radius 1 is 1.06 bits per heavy atom. The fraction of sp³-hybridized carbons (Fsp3) is 0.160. The molecule has 0 bridgehead atoms. The van der Waals surface area contributed by atoms with Crippen molar-refractivity contribution in [1.82, 2.24) is 10.2 Å². The van der Waals surface area contributed by atoms with Gasteiger partial charge in [-0.05, 0) is 64.3 Å². The van der Waals surface area contributed by atoms with Crippen LogP contribution in [0.15, 0.2) is 75.3 Å². The van der Waals surface area contributed by atoms with Crippen molar-refractivity contribution in [2.45, 2.75) is 20.1 Å². The Bertz CT molecular complexity index is 1240. The number of carbonyl (C=O) groups is 3. The molecule has 1 fully saturated rings. The van der Waals surface area contributed by atoms with E-state index < -0.39 is 17.8 Å². The molecule has 0 radical (unpaired) electrons. The second kappa shape index (κ2) is 10.4. The number of halogens is 1. The number of imide groups is 2. The average Bonchev–Trinajstić information content (AvgIpc) is 3.33. The van der Waals surface area contributed by atoms with Crippen LogP contribution in [0.3, 0.4) is 0 Å². The SMILES string of the molecule is CCOc1cc(/C=C2\C(=O)NC(=O)N(Cc3ccco3)C2=O)cc(Br)c1OCc1ccccc1. The molecule has 4 amide bonds. The largest absolute Gasteiger partial charge is 0.490 e. The van der Waals surface area contributed by atoms with Gasteiger partial charge in [0.2, 0.25) is 0 Å². The zero-order valence-electron chi connectivity index (χ0n) is 18.2. The minimum absolute atomic E-state index is 0.0948. The summed E-state index contributed by atoms with van der Waals surface area (Å²) in [5.41, 5.74) is 1.33. The molecule has 2 heterocycles. The summed E-state index contributed by atoms with van der Waals surface area (Å²) < 4.78 is 17.5. The molecule has 0 saturated carbocycles. The Morgan fingerprint density at radius 3 is 2.56 bits per heavy atom. The highest BCUT2D eigenvalue weighted by Crippen LogP contribution is 2.38. The number of nitrogens with zero attached hydrogens (tertiary/aromatic N) is 1. The summed E-state index contributed by atoms with van der Waals surface area (Å²) >= 11 is 3.50. The Labute approximate surface area is 204 Å². The van der Waals surface area contributed by atoms with Gasteiger partial charge in [-0.2, -0.15) is 0 Å². The quantitative estimate of drug-likeness (QED) is 0.339. The minimum atomic E-state index is -0.801. The third kappa shape index (κ3) is 5.20. The summed E-state index contributed by atoms with van der Waals surface area (Å²) in [6.45, 7) is 2.47. The summed E-state index contributed by atoms with van der Waals surface area (Å²) in [7, 11) is 0. The van der Waals surface area contributed by atoms with E-state index in [0.29, 0.717) is 40.5 Å². The molecular weight excluding hydrogens is 504 g/mol. The van der Waals surface area contributed by atoms with E-state index in [4.69, 9.17) is 13.9 Å². The van der Waals surface area contributed by atoms with Crippen LogP contribution in [0.25, 0.3) is 6.08 Å². The number of rotatable bonds is 8. The lowest BCUT2D eigenvalue weighted by atomic mass is 10.1. The first-order valence-electron chi connectivity index (χ1n) is 10.5. The fourth-order valence-electron chi connectivity index (χ4n) is 3.37. The molecule has 0 spiro atoms. The average molecular weight is 525 g/mol. The van der Waals surface area contributed by atoms with Crippen molar-refractivity contribution in [3.8, 4) is 11.5 Å². The topological polar surface area (TPSA) is 98.1 Å². The smallest absolute Gasteiger partial charge is 0.331 e. The molecule has 2 aromatic carbocycles. The molecule has 1 saturated heterocycles. The maximum atomic E-state index is 13.0. The molecule has 3 aromatic rings. The molecule has 8 nitrogen and oxygen atoms in total. The number of urea groups is 1. The van der Waals surface area contributed by atoms with E-state index >= 15 is 0 Å². The van der Waals surface area contributed by atoms with Crippen LogP contribution in [-0.2, 0) is 22.7 Å². The van der Waals surface area contributed by atoms with Crippen LogP contribution >= 0.6 is 15.9 Å². The van der Waals surface area contributed by atoms with Crippen LogP contribution in [0.1, 0.15) is 23.8 Å². The Kier molecular flexibility index (Phi) is 7.12. The molecule has 4 rings (SSSR count). The maximum Gasteiger partial charge on any atom is 0.331 e. The summed E-state index contributed by atoms with van der Waals surface area (Å²) in [5, 5.41) is 2.20. The van der Waals surface area contributed by atoms with Gasteiger partial charge in [-0.15, -0.1) is 0 Å². The van der Waals surface area contributed by atoms with Gasteiger partial charge in [0.1, 0.15) is 17.9 Å². The first-order chi connectivity index (χ1) is 16.5. The molecule has 1 aliphatic heterocycles. The molecule has 0 atom stereocenters. The summed E-state index contributed by atoms with van der Waals surface area (Å²) in [6, 6.07) is 15.6. The number of hydrogen-bond donors (Lipinski definition) is 1. The standard InChI is InChI=1S/C25H21BrN2O6/c1-2-32-21-13-17(12-20(26)22(21)34-15-16-7-4-3-5-8-16)11-19-23(29)27-25(31)28(24(19)30)14-18-9-6-10-33-18/h3-13H,2,14-15H2,1H3,(H,27,29,31)/b19-11+. The lowest BCUT2D eigenvalue weighted by Crippen LogP contribution is -2.53. The number of furan rings is 1. The fourth-order valence-corrected chi connectivity index (χ4v) is 3.94. The predicted molar refractivity (Wildman–Crippen MR) is 127 cm³/mol. The van der Waals surface area contributed by atoms with E-state index in [0.717, 1.165) is 10.5 Å². The van der Waals surface area contributed by atoms with Gasteiger partial charge in [-0.3, -0.25) is 19.8 Å². The van der Waals surface area contributed by atoms with Gasteiger partial charge in [-0.1, -0.05) is 30.3 Å². The molecule has 1 aromatic heterocycles. The van der Waals surface area contributed by atoms with Gasteiger partial charge in [0, 0.05) is 0 Å². The summed E-state index contributed by atoms with van der Waals surface area (Å²) in [6.07, 6.45) is 2.85. The van der Waals surface area contributed by atoms with Gasteiger partial charge in [0.05, 0.1) is 23.9 Å². The van der Waals surface area contributed by atoms with Crippen molar-refractivity contribution in [3.63, 3.8) is 0 Å². The van der Waals surface area contributed by atoms with Crippen molar-refractivity contribution in [2.24, 2.45) is 0 Å². The number of hydrogen-bond acceptors (Lipinski definition) is 6. The Hall–Kier alpha value is -3.85. The van der Waals surface area contributed by atoms with Crippen LogP contribution in [0.4, 0.5) is 4.79 Å². The molecule has 0 aliphatic carbocycles. The molecule has 9 heteroatoms. The zero-order chi connectivity index (χ0) is 24.1. The first kappa shape index (κ1) is 23.3. The molecular formula is C25H21BrN2O6. The highest BCUT2D eigenvalue weighted by atomic mass is 79.9. The van der Waals surface area contributed by atoms with Crippen LogP contribution in [-0.4, -0.2) is 29.4 Å². The van der Waals surface area contributed by atoms with E-state index in [-0.39, 0.29) is 12.1 Å². The predicted octanol–water partition coefficient (Wildman–Crippen LogP) is 4.68. The number of ether oxygens (including phenoxy) is 2. The lowest BCUT2D eigenvalue weighted by Gasteiger charge is -2.25. The Balaban J connectivity index is 1.62. The highest BCUT2D eigenvalue weighted by molar-refractivity contribution is 9.10. The molecule has 1 N–H and O–H groups in total. The van der Waals surface area contributed by atoms with Gasteiger partial charge >= 0.3 is 6.03 Å². The maximum absolute atomic E-state index is 13.0. The van der Waals surface area contributed by atoms with Crippen LogP contribution in [0.2, 0.25) is 0 Å². The summed E-state index contributed by atoms with van der Waals surface area (Å²) in [5.74, 6) is -0.125. The van der Waals surface area contributed by atoms with Gasteiger partial charge in [0.15, 0.2) is 11.5 Å². The van der Waals surface area contributed by atoms with Crippen LogP contribution in [0.5, 0.6) is 11.5 Å². The number of amides is 4. The minimum Gasteiger partial charge on any atom is -0.490 e. The number of benzene rings is 2. The third-order valence-electron chi connectivity index (χ3n) is 4.95. The van der Waals surface area contributed by atoms with Gasteiger partial charge < -0.3 is 13.9 Å². The lowest BCUT2D eigenvalue weighted by molar-refractivity contribution is -0.130. The first-order valence-corrected chi connectivity index (χ1v) is 11.3. The Morgan fingerprint density at radius 2 is 1.85 bits per heavy atom. The van der Waals surface area contributed by atoms with Gasteiger partial charge in [0.25, 0.3) is 11.8 Å². The van der Waals surface area contributed by atoms with E-state index in [1.807, 2.05) is 37.3 Å². The van der Waals surface area contributed by atoms with Crippen molar-refractivity contribution >= 4 is 39.9 Å². The number of nitrogens with one attached hydrogen (secondary N) is 1. The van der Waals surface area contributed by atoms with Crippen molar-refractivity contribution in [1.29, 1.82) is 0 Å². The second-order valence-electron chi connectivity index (χ2n) is 7.33. The van der Waals surface area contributed by atoms with Crippen molar-refractivity contribution in [3.05, 3.63) is 87.8 Å². The van der Waals surface area contributed by atoms with Crippen molar-refractivity contribution < 1.29 is 28.3 Å². The summed E-state index contributed by atoms with van der Waals surface area (Å²) in [4.78, 5) is 38.6. The normalized spacial score (nSPS) is 14.9. The highest BCUT2D eigenvalue weighted by Gasteiger charge is 2.36. The van der Waals surface area contributed by atoms with Gasteiger partial charge in [-0.25, -0.2) is 4.79 Å². The number of barbiturate groups is 1. The third-order valence-corrected chi connectivity index (χ3v) is 5.54.